The molecule has 1 fully saturated rings. The molecule has 4 nitrogen and oxygen atoms in total. The Bertz CT molecular complexity index is 985. The van der Waals surface area contributed by atoms with Crippen molar-refractivity contribution in [2.75, 3.05) is 26.2 Å². The summed E-state index contributed by atoms with van der Waals surface area (Å²) in [5.41, 5.74) is 4.64. The Kier molecular flexibility index (Phi) is 4.57. The first-order valence-corrected chi connectivity index (χ1v) is 10.2. The van der Waals surface area contributed by atoms with Gasteiger partial charge in [-0.15, -0.1) is 0 Å². The molecule has 28 heavy (non-hydrogen) atoms. The molecule has 0 spiro atoms. The van der Waals surface area contributed by atoms with Crippen molar-refractivity contribution in [3.8, 4) is 0 Å². The van der Waals surface area contributed by atoms with E-state index >= 15 is 0 Å². The van der Waals surface area contributed by atoms with Gasteiger partial charge in [0.25, 0.3) is 5.91 Å². The van der Waals surface area contributed by atoms with Crippen LogP contribution in [0.5, 0.6) is 0 Å². The predicted molar refractivity (Wildman–Crippen MR) is 111 cm³/mol. The lowest BCUT2D eigenvalue weighted by atomic mass is 10.1. The second kappa shape index (κ2) is 7.36. The Balaban J connectivity index is 1.30. The van der Waals surface area contributed by atoms with Gasteiger partial charge in [0, 0.05) is 49.4 Å². The van der Waals surface area contributed by atoms with Gasteiger partial charge in [-0.3, -0.25) is 14.7 Å². The van der Waals surface area contributed by atoms with Gasteiger partial charge in [0.15, 0.2) is 0 Å². The summed E-state index contributed by atoms with van der Waals surface area (Å²) in [5, 5.41) is 0.947. The summed E-state index contributed by atoms with van der Waals surface area (Å²) in [6, 6.07) is 19.1. The maximum absolute atomic E-state index is 13.3. The van der Waals surface area contributed by atoms with E-state index in [1.165, 1.54) is 11.1 Å². The molecule has 1 aromatic heterocycles. The van der Waals surface area contributed by atoms with Gasteiger partial charge in [-0.25, -0.2) is 0 Å². The molecule has 0 N–H and O–H groups in total. The van der Waals surface area contributed by atoms with Gasteiger partial charge < -0.3 is 4.90 Å². The van der Waals surface area contributed by atoms with E-state index in [-0.39, 0.29) is 5.91 Å². The van der Waals surface area contributed by atoms with Gasteiger partial charge >= 0.3 is 0 Å². The second-order valence-electron chi connectivity index (χ2n) is 7.89. The summed E-state index contributed by atoms with van der Waals surface area (Å²) < 4.78 is 0. The first-order valence-electron chi connectivity index (χ1n) is 10.2. The fraction of sp³-hybridized carbons (Fsp3) is 0.333. The third kappa shape index (κ3) is 3.18. The van der Waals surface area contributed by atoms with Crippen molar-refractivity contribution in [3.05, 3.63) is 77.5 Å². The van der Waals surface area contributed by atoms with Crippen LogP contribution in [0.15, 0.2) is 60.8 Å². The highest BCUT2D eigenvalue weighted by Crippen LogP contribution is 2.26. The standard InChI is InChI=1S/C24H25N3O/c28-24(22-8-3-10-23-21(22)9-4-11-25-23)27-13-5-12-26(14-15-27)20-16-18-6-1-2-7-19(18)17-20/h1-4,6-11,20H,5,12-17H2. The molecule has 1 aliphatic heterocycles. The average Bonchev–Trinajstić information content (AvgIpc) is 3.02. The molecule has 142 valence electrons. The van der Waals surface area contributed by atoms with Crippen molar-refractivity contribution >= 4 is 16.8 Å². The lowest BCUT2D eigenvalue weighted by Crippen LogP contribution is -2.40. The summed E-state index contributed by atoms with van der Waals surface area (Å²) in [7, 11) is 0. The van der Waals surface area contributed by atoms with Crippen LogP contribution >= 0.6 is 0 Å². The van der Waals surface area contributed by atoms with Crippen LogP contribution in [-0.2, 0) is 12.8 Å². The smallest absolute Gasteiger partial charge is 0.254 e. The molecule has 1 amide bonds. The molecule has 2 heterocycles. The minimum Gasteiger partial charge on any atom is -0.337 e. The number of nitrogens with zero attached hydrogens (tertiary/aromatic N) is 3. The van der Waals surface area contributed by atoms with E-state index in [1.54, 1.807) is 6.20 Å². The lowest BCUT2D eigenvalue weighted by molar-refractivity contribution is 0.0760. The summed E-state index contributed by atoms with van der Waals surface area (Å²) >= 11 is 0. The van der Waals surface area contributed by atoms with Crippen LogP contribution in [0.25, 0.3) is 10.9 Å². The quantitative estimate of drug-likeness (QED) is 0.691. The zero-order chi connectivity index (χ0) is 18.9. The minimum atomic E-state index is 0.134. The summed E-state index contributed by atoms with van der Waals surface area (Å²) in [6.45, 7) is 3.64. The van der Waals surface area contributed by atoms with Crippen LogP contribution in [0, 0.1) is 0 Å². The van der Waals surface area contributed by atoms with E-state index in [1.807, 2.05) is 35.2 Å². The molecule has 2 aliphatic rings. The third-order valence-electron chi connectivity index (χ3n) is 6.24. The number of carbonyl (C=O) groups is 1. The fourth-order valence-corrected chi connectivity index (χ4v) is 4.76. The molecule has 5 rings (SSSR count). The van der Waals surface area contributed by atoms with Crippen LogP contribution in [0.2, 0.25) is 0 Å². The highest BCUT2D eigenvalue weighted by atomic mass is 16.2. The number of hydrogen-bond donors (Lipinski definition) is 0. The van der Waals surface area contributed by atoms with Crippen molar-refractivity contribution in [2.24, 2.45) is 0 Å². The zero-order valence-electron chi connectivity index (χ0n) is 16.1. The van der Waals surface area contributed by atoms with E-state index in [2.05, 4.69) is 34.1 Å². The van der Waals surface area contributed by atoms with Crippen molar-refractivity contribution in [2.45, 2.75) is 25.3 Å². The number of carbonyl (C=O) groups excluding carboxylic acids is 1. The zero-order valence-corrected chi connectivity index (χ0v) is 16.1. The Hall–Kier alpha value is -2.72. The minimum absolute atomic E-state index is 0.134. The molecule has 1 aliphatic carbocycles. The van der Waals surface area contributed by atoms with Gasteiger partial charge in [0.2, 0.25) is 0 Å². The number of aromatic nitrogens is 1. The van der Waals surface area contributed by atoms with Crippen molar-refractivity contribution in [1.29, 1.82) is 0 Å². The van der Waals surface area contributed by atoms with Crippen LogP contribution in [0.3, 0.4) is 0 Å². The second-order valence-corrected chi connectivity index (χ2v) is 7.89. The molecular weight excluding hydrogens is 346 g/mol. The first kappa shape index (κ1) is 17.4. The maximum atomic E-state index is 13.3. The molecule has 0 bridgehead atoms. The summed E-state index contributed by atoms with van der Waals surface area (Å²) in [6.07, 6.45) is 5.08. The molecule has 0 saturated carbocycles. The SMILES string of the molecule is O=C(c1cccc2ncccc12)N1CCCN(C2Cc3ccccc3C2)CC1. The van der Waals surface area contributed by atoms with Crippen molar-refractivity contribution in [1.82, 2.24) is 14.8 Å². The Morgan fingerprint density at radius 1 is 0.857 bits per heavy atom. The fourth-order valence-electron chi connectivity index (χ4n) is 4.76. The Morgan fingerprint density at radius 3 is 2.50 bits per heavy atom. The monoisotopic (exact) mass is 371 g/mol. The maximum Gasteiger partial charge on any atom is 0.254 e. The number of rotatable bonds is 2. The van der Waals surface area contributed by atoms with E-state index in [0.717, 1.165) is 61.9 Å². The number of pyridine rings is 1. The number of benzene rings is 2. The van der Waals surface area contributed by atoms with E-state index in [0.29, 0.717) is 6.04 Å². The lowest BCUT2D eigenvalue weighted by Gasteiger charge is -2.27. The first-order chi connectivity index (χ1) is 13.8. The van der Waals surface area contributed by atoms with Crippen LogP contribution in [0.1, 0.15) is 27.9 Å². The molecule has 0 atom stereocenters. The molecule has 0 unspecified atom stereocenters. The molecule has 0 radical (unpaired) electrons. The normalized spacial score (nSPS) is 18.2. The largest absolute Gasteiger partial charge is 0.337 e. The van der Waals surface area contributed by atoms with Crippen molar-refractivity contribution in [3.63, 3.8) is 0 Å². The van der Waals surface area contributed by atoms with Gasteiger partial charge in [-0.2, -0.15) is 0 Å². The van der Waals surface area contributed by atoms with Crippen LogP contribution < -0.4 is 0 Å². The molecule has 1 saturated heterocycles. The topological polar surface area (TPSA) is 36.4 Å². The van der Waals surface area contributed by atoms with Gasteiger partial charge in [0.05, 0.1) is 5.52 Å². The van der Waals surface area contributed by atoms with Gasteiger partial charge in [0.1, 0.15) is 0 Å². The van der Waals surface area contributed by atoms with Crippen LogP contribution in [-0.4, -0.2) is 52.9 Å². The van der Waals surface area contributed by atoms with Gasteiger partial charge in [-0.05, 0) is 48.6 Å². The number of amides is 1. The average molecular weight is 371 g/mol. The predicted octanol–water partition coefficient (Wildman–Crippen LogP) is 3.55. The molecule has 3 aromatic rings. The highest BCUT2D eigenvalue weighted by Gasteiger charge is 2.29. The summed E-state index contributed by atoms with van der Waals surface area (Å²) in [5.74, 6) is 0.134. The van der Waals surface area contributed by atoms with E-state index in [9.17, 15) is 4.79 Å². The van der Waals surface area contributed by atoms with Gasteiger partial charge in [-0.1, -0.05) is 36.4 Å². The number of fused-ring (bicyclic) bond motifs is 2. The Labute approximate surface area is 165 Å². The van der Waals surface area contributed by atoms with E-state index in [4.69, 9.17) is 0 Å². The molecule has 4 heteroatoms. The molecule has 2 aromatic carbocycles. The summed E-state index contributed by atoms with van der Waals surface area (Å²) in [4.78, 5) is 22.3. The van der Waals surface area contributed by atoms with Crippen molar-refractivity contribution < 1.29 is 4.79 Å². The van der Waals surface area contributed by atoms with Crippen LogP contribution in [0.4, 0.5) is 0 Å². The Morgan fingerprint density at radius 2 is 1.68 bits per heavy atom. The highest BCUT2D eigenvalue weighted by molar-refractivity contribution is 6.06. The van der Waals surface area contributed by atoms with E-state index < -0.39 is 0 Å². The number of hydrogen-bond acceptors (Lipinski definition) is 3. The molecular formula is C24H25N3O. The third-order valence-corrected chi connectivity index (χ3v) is 6.24.